The largest absolute Gasteiger partial charge is 0.493 e. The molecule has 2 rings (SSSR count). The van der Waals surface area contributed by atoms with E-state index in [4.69, 9.17) is 10.5 Å². The second-order valence-corrected chi connectivity index (χ2v) is 4.15. The van der Waals surface area contributed by atoms with E-state index in [1.165, 1.54) is 25.7 Å². The van der Waals surface area contributed by atoms with Crippen molar-refractivity contribution in [2.75, 3.05) is 6.61 Å². The zero-order valence-electron chi connectivity index (χ0n) is 8.98. The fraction of sp³-hybridized carbons (Fsp3) is 0.583. The van der Waals surface area contributed by atoms with Gasteiger partial charge in [0.1, 0.15) is 5.75 Å². The first-order valence-electron chi connectivity index (χ1n) is 5.66. The topological polar surface area (TPSA) is 48.1 Å². The molecular weight excluding hydrogens is 188 g/mol. The average Bonchev–Trinajstić information content (AvgIpc) is 2.79. The zero-order valence-corrected chi connectivity index (χ0v) is 8.98. The summed E-state index contributed by atoms with van der Waals surface area (Å²) in [4.78, 5) is 4.04. The van der Waals surface area contributed by atoms with Crippen molar-refractivity contribution in [3.8, 4) is 5.75 Å². The molecule has 0 aromatic carbocycles. The Morgan fingerprint density at radius 3 is 2.93 bits per heavy atom. The molecule has 1 heterocycles. The van der Waals surface area contributed by atoms with Gasteiger partial charge < -0.3 is 10.5 Å². The maximum Gasteiger partial charge on any atom is 0.126 e. The Balaban J connectivity index is 1.91. The van der Waals surface area contributed by atoms with E-state index in [9.17, 15) is 0 Å². The third-order valence-corrected chi connectivity index (χ3v) is 3.03. The fourth-order valence-corrected chi connectivity index (χ4v) is 2.09. The van der Waals surface area contributed by atoms with Crippen molar-refractivity contribution in [2.24, 2.45) is 11.7 Å². The molecule has 0 amide bonds. The van der Waals surface area contributed by atoms with E-state index < -0.39 is 0 Å². The van der Waals surface area contributed by atoms with Gasteiger partial charge in [0, 0.05) is 24.5 Å². The quantitative estimate of drug-likeness (QED) is 0.820. The number of nitrogens with two attached hydrogens (primary N) is 1. The van der Waals surface area contributed by atoms with Crippen molar-refractivity contribution in [1.29, 1.82) is 0 Å². The van der Waals surface area contributed by atoms with Crippen LogP contribution in [0.5, 0.6) is 5.75 Å². The van der Waals surface area contributed by atoms with Gasteiger partial charge in [0.2, 0.25) is 0 Å². The SMILES string of the molecule is NCc1cnccc1OCC1CCCC1. The molecule has 1 aliphatic rings. The molecule has 3 heteroatoms. The molecule has 1 fully saturated rings. The molecule has 3 nitrogen and oxygen atoms in total. The second-order valence-electron chi connectivity index (χ2n) is 4.15. The Morgan fingerprint density at radius 2 is 2.20 bits per heavy atom. The summed E-state index contributed by atoms with van der Waals surface area (Å²) in [5, 5.41) is 0. The Morgan fingerprint density at radius 1 is 1.40 bits per heavy atom. The molecule has 2 N–H and O–H groups in total. The minimum atomic E-state index is 0.494. The smallest absolute Gasteiger partial charge is 0.126 e. The van der Waals surface area contributed by atoms with E-state index in [-0.39, 0.29) is 0 Å². The Bertz CT molecular complexity index is 308. The molecule has 15 heavy (non-hydrogen) atoms. The lowest BCUT2D eigenvalue weighted by Gasteiger charge is -2.13. The molecule has 0 saturated heterocycles. The first kappa shape index (κ1) is 10.4. The summed E-state index contributed by atoms with van der Waals surface area (Å²) in [5.41, 5.74) is 6.61. The van der Waals surface area contributed by atoms with Crippen LogP contribution < -0.4 is 10.5 Å². The Hall–Kier alpha value is -1.09. The molecule has 1 saturated carbocycles. The third kappa shape index (κ3) is 2.69. The van der Waals surface area contributed by atoms with Crippen molar-refractivity contribution < 1.29 is 4.74 Å². The van der Waals surface area contributed by atoms with Gasteiger partial charge in [-0.1, -0.05) is 12.8 Å². The van der Waals surface area contributed by atoms with Crippen LogP contribution in [0.15, 0.2) is 18.5 Å². The summed E-state index contributed by atoms with van der Waals surface area (Å²) in [6.45, 7) is 1.32. The number of nitrogens with zero attached hydrogens (tertiary/aromatic N) is 1. The maximum atomic E-state index is 5.79. The highest BCUT2D eigenvalue weighted by atomic mass is 16.5. The zero-order chi connectivity index (χ0) is 10.5. The monoisotopic (exact) mass is 206 g/mol. The number of rotatable bonds is 4. The van der Waals surface area contributed by atoms with Gasteiger partial charge in [-0.3, -0.25) is 4.98 Å². The molecule has 0 spiro atoms. The van der Waals surface area contributed by atoms with Crippen molar-refractivity contribution in [3.63, 3.8) is 0 Å². The van der Waals surface area contributed by atoms with Crippen LogP contribution >= 0.6 is 0 Å². The molecule has 82 valence electrons. The predicted molar refractivity (Wildman–Crippen MR) is 59.6 cm³/mol. The molecule has 1 aliphatic carbocycles. The van der Waals surface area contributed by atoms with Gasteiger partial charge in [0.15, 0.2) is 0 Å². The first-order chi connectivity index (χ1) is 7.40. The van der Waals surface area contributed by atoms with Crippen molar-refractivity contribution >= 4 is 0 Å². The molecule has 1 aromatic heterocycles. The lowest BCUT2D eigenvalue weighted by molar-refractivity contribution is 0.250. The highest BCUT2D eigenvalue weighted by Gasteiger charge is 2.15. The van der Waals surface area contributed by atoms with E-state index in [0.29, 0.717) is 6.54 Å². The first-order valence-corrected chi connectivity index (χ1v) is 5.66. The van der Waals surface area contributed by atoms with Crippen LogP contribution in [0.3, 0.4) is 0 Å². The van der Waals surface area contributed by atoms with Crippen LogP contribution in [0.25, 0.3) is 0 Å². The number of pyridine rings is 1. The summed E-state index contributed by atoms with van der Waals surface area (Å²) in [7, 11) is 0. The highest BCUT2D eigenvalue weighted by Crippen LogP contribution is 2.26. The molecule has 0 unspecified atom stereocenters. The van der Waals surface area contributed by atoms with Crippen LogP contribution in [0.1, 0.15) is 31.2 Å². The molecule has 0 radical (unpaired) electrons. The maximum absolute atomic E-state index is 5.79. The summed E-state index contributed by atoms with van der Waals surface area (Å²) < 4.78 is 5.79. The van der Waals surface area contributed by atoms with Crippen LogP contribution in [0, 0.1) is 5.92 Å². The summed E-state index contributed by atoms with van der Waals surface area (Å²) in [6.07, 6.45) is 8.86. The van der Waals surface area contributed by atoms with Crippen LogP contribution in [-0.2, 0) is 6.54 Å². The fourth-order valence-electron chi connectivity index (χ4n) is 2.09. The van der Waals surface area contributed by atoms with Crippen molar-refractivity contribution in [3.05, 3.63) is 24.0 Å². The van der Waals surface area contributed by atoms with Gasteiger partial charge in [-0.2, -0.15) is 0 Å². The minimum Gasteiger partial charge on any atom is -0.493 e. The Kier molecular flexibility index (Phi) is 3.56. The van der Waals surface area contributed by atoms with Gasteiger partial charge in [0.05, 0.1) is 6.61 Å². The standard InChI is InChI=1S/C12H18N2O/c13-7-11-8-14-6-5-12(11)15-9-10-3-1-2-4-10/h5-6,8,10H,1-4,7,9,13H2. The van der Waals surface area contributed by atoms with Crippen LogP contribution in [0.4, 0.5) is 0 Å². The van der Waals surface area contributed by atoms with Gasteiger partial charge in [0.25, 0.3) is 0 Å². The number of aromatic nitrogens is 1. The summed E-state index contributed by atoms with van der Waals surface area (Å²) >= 11 is 0. The van der Waals surface area contributed by atoms with Gasteiger partial charge in [-0.05, 0) is 24.8 Å². The predicted octanol–water partition coefficient (Wildman–Crippen LogP) is 2.11. The van der Waals surface area contributed by atoms with Crippen LogP contribution in [-0.4, -0.2) is 11.6 Å². The normalized spacial score (nSPS) is 16.9. The van der Waals surface area contributed by atoms with Crippen molar-refractivity contribution in [1.82, 2.24) is 4.98 Å². The summed E-state index contributed by atoms with van der Waals surface area (Å²) in [5.74, 6) is 1.64. The van der Waals surface area contributed by atoms with Gasteiger partial charge >= 0.3 is 0 Å². The average molecular weight is 206 g/mol. The molecule has 0 bridgehead atoms. The van der Waals surface area contributed by atoms with E-state index >= 15 is 0 Å². The molecular formula is C12H18N2O. The van der Waals surface area contributed by atoms with E-state index in [2.05, 4.69) is 4.98 Å². The van der Waals surface area contributed by atoms with Gasteiger partial charge in [-0.15, -0.1) is 0 Å². The lowest BCUT2D eigenvalue weighted by Crippen LogP contribution is -2.10. The van der Waals surface area contributed by atoms with Gasteiger partial charge in [-0.25, -0.2) is 0 Å². The number of ether oxygens (including phenoxy) is 1. The summed E-state index contributed by atoms with van der Waals surface area (Å²) in [6, 6.07) is 1.90. The number of hydrogen-bond donors (Lipinski definition) is 1. The number of hydrogen-bond acceptors (Lipinski definition) is 3. The van der Waals surface area contributed by atoms with E-state index in [1.807, 2.05) is 6.07 Å². The third-order valence-electron chi connectivity index (χ3n) is 3.03. The van der Waals surface area contributed by atoms with Crippen molar-refractivity contribution in [2.45, 2.75) is 32.2 Å². The Labute approximate surface area is 90.7 Å². The van der Waals surface area contributed by atoms with Crippen LogP contribution in [0.2, 0.25) is 0 Å². The molecule has 0 atom stereocenters. The highest BCUT2D eigenvalue weighted by molar-refractivity contribution is 5.29. The lowest BCUT2D eigenvalue weighted by atomic mass is 10.1. The van der Waals surface area contributed by atoms with E-state index in [1.54, 1.807) is 12.4 Å². The molecule has 0 aliphatic heterocycles. The van der Waals surface area contributed by atoms with E-state index in [0.717, 1.165) is 23.8 Å². The minimum absolute atomic E-state index is 0.494. The molecule has 1 aromatic rings. The second kappa shape index (κ2) is 5.12.